The van der Waals surface area contributed by atoms with E-state index in [0.717, 1.165) is 22.9 Å². The summed E-state index contributed by atoms with van der Waals surface area (Å²) < 4.78 is 6.13. The summed E-state index contributed by atoms with van der Waals surface area (Å²) in [6.45, 7) is 4.16. The minimum absolute atomic E-state index is 0.344. The Balaban J connectivity index is 2.05. The predicted molar refractivity (Wildman–Crippen MR) is 81.5 cm³/mol. The number of nitrogens with zero attached hydrogens (tertiary/aromatic N) is 4. The van der Waals surface area contributed by atoms with Gasteiger partial charge in [-0.3, -0.25) is 0 Å². The Hall–Kier alpha value is -1.76. The Morgan fingerprint density at radius 1 is 1.38 bits per heavy atom. The zero-order valence-electron chi connectivity index (χ0n) is 12.0. The number of ether oxygens (including phenoxy) is 1. The molecular formula is C14H17BrN4O2. The lowest BCUT2D eigenvalue weighted by Gasteiger charge is -2.09. The molecule has 6 nitrogen and oxygen atoms in total. The second-order valence-electron chi connectivity index (χ2n) is 4.64. The van der Waals surface area contributed by atoms with Crippen LogP contribution in [-0.4, -0.2) is 32.8 Å². The first-order chi connectivity index (χ1) is 10.1. The standard InChI is InChI=1S/C14H17BrN4O2/c1-3-4-9-21-14(20)10(2)19-17-13(16-18-19)11-5-7-12(15)8-6-11/h5-8,10H,3-4,9H2,1-2H3. The van der Waals surface area contributed by atoms with Crippen LogP contribution in [0.5, 0.6) is 0 Å². The van der Waals surface area contributed by atoms with Crippen LogP contribution in [0.2, 0.25) is 0 Å². The summed E-state index contributed by atoms with van der Waals surface area (Å²) in [5.74, 6) is 0.138. The summed E-state index contributed by atoms with van der Waals surface area (Å²) in [6.07, 6.45) is 1.84. The number of rotatable bonds is 6. The van der Waals surface area contributed by atoms with Crippen molar-refractivity contribution in [3.05, 3.63) is 28.7 Å². The second-order valence-corrected chi connectivity index (χ2v) is 5.55. The molecule has 1 atom stereocenters. The van der Waals surface area contributed by atoms with Crippen LogP contribution in [-0.2, 0) is 9.53 Å². The average Bonchev–Trinajstić information content (AvgIpc) is 2.97. The number of tetrazole rings is 1. The normalized spacial score (nSPS) is 12.1. The average molecular weight is 353 g/mol. The summed E-state index contributed by atoms with van der Waals surface area (Å²) in [5.41, 5.74) is 0.844. The van der Waals surface area contributed by atoms with Crippen molar-refractivity contribution >= 4 is 21.9 Å². The molecule has 0 amide bonds. The molecule has 0 bridgehead atoms. The van der Waals surface area contributed by atoms with Crippen LogP contribution in [0.25, 0.3) is 11.4 Å². The molecule has 7 heteroatoms. The van der Waals surface area contributed by atoms with E-state index in [1.54, 1.807) is 6.92 Å². The van der Waals surface area contributed by atoms with Gasteiger partial charge in [-0.1, -0.05) is 29.3 Å². The third kappa shape index (κ3) is 4.10. The highest BCUT2D eigenvalue weighted by Gasteiger charge is 2.20. The lowest BCUT2D eigenvalue weighted by atomic mass is 10.2. The van der Waals surface area contributed by atoms with Gasteiger partial charge in [-0.25, -0.2) is 4.79 Å². The molecule has 0 N–H and O–H groups in total. The van der Waals surface area contributed by atoms with Crippen LogP contribution in [0.4, 0.5) is 0 Å². The van der Waals surface area contributed by atoms with Crippen molar-refractivity contribution < 1.29 is 9.53 Å². The quantitative estimate of drug-likeness (QED) is 0.590. The molecule has 0 aliphatic rings. The van der Waals surface area contributed by atoms with E-state index >= 15 is 0 Å². The summed E-state index contributed by atoms with van der Waals surface area (Å²) in [7, 11) is 0. The van der Waals surface area contributed by atoms with Gasteiger partial charge in [0.25, 0.3) is 0 Å². The van der Waals surface area contributed by atoms with Crippen LogP contribution in [0, 0.1) is 0 Å². The maximum Gasteiger partial charge on any atom is 0.332 e. The second kappa shape index (κ2) is 7.31. The molecule has 2 aromatic rings. The molecule has 1 aromatic heterocycles. The molecule has 0 aliphatic carbocycles. The summed E-state index contributed by atoms with van der Waals surface area (Å²) in [4.78, 5) is 13.1. The fraction of sp³-hybridized carbons (Fsp3) is 0.429. The minimum atomic E-state index is -0.585. The highest BCUT2D eigenvalue weighted by atomic mass is 79.9. The SMILES string of the molecule is CCCCOC(=O)C(C)n1nnc(-c2ccc(Br)cc2)n1. The van der Waals surface area contributed by atoms with Crippen molar-refractivity contribution in [2.24, 2.45) is 0 Å². The van der Waals surface area contributed by atoms with Gasteiger partial charge in [0, 0.05) is 10.0 Å². The lowest BCUT2D eigenvalue weighted by Crippen LogP contribution is -2.21. The smallest absolute Gasteiger partial charge is 0.332 e. The first kappa shape index (κ1) is 15.6. The van der Waals surface area contributed by atoms with Crippen molar-refractivity contribution in [3.63, 3.8) is 0 Å². The van der Waals surface area contributed by atoms with Crippen molar-refractivity contribution in [3.8, 4) is 11.4 Å². The molecular weight excluding hydrogens is 336 g/mol. The van der Waals surface area contributed by atoms with E-state index in [-0.39, 0.29) is 5.97 Å². The molecule has 112 valence electrons. The molecule has 0 saturated carbocycles. The molecule has 0 fully saturated rings. The van der Waals surface area contributed by atoms with E-state index in [1.165, 1.54) is 4.80 Å². The van der Waals surface area contributed by atoms with E-state index in [1.807, 2.05) is 31.2 Å². The highest BCUT2D eigenvalue weighted by Crippen LogP contribution is 2.18. The van der Waals surface area contributed by atoms with Gasteiger partial charge in [0.15, 0.2) is 6.04 Å². The zero-order chi connectivity index (χ0) is 15.2. The van der Waals surface area contributed by atoms with Crippen molar-refractivity contribution in [2.45, 2.75) is 32.7 Å². The number of carbonyl (C=O) groups is 1. The Morgan fingerprint density at radius 2 is 2.10 bits per heavy atom. The Morgan fingerprint density at radius 3 is 2.76 bits per heavy atom. The van der Waals surface area contributed by atoms with Crippen LogP contribution in [0.15, 0.2) is 28.7 Å². The molecule has 21 heavy (non-hydrogen) atoms. The number of benzene rings is 1. The Bertz CT molecular complexity index is 597. The number of hydrogen-bond donors (Lipinski definition) is 0. The third-order valence-electron chi connectivity index (χ3n) is 2.96. The summed E-state index contributed by atoms with van der Waals surface area (Å²) in [6, 6.07) is 6.99. The lowest BCUT2D eigenvalue weighted by molar-refractivity contribution is -0.147. The molecule has 0 spiro atoms. The monoisotopic (exact) mass is 352 g/mol. The van der Waals surface area contributed by atoms with E-state index in [4.69, 9.17) is 4.74 Å². The first-order valence-corrected chi connectivity index (χ1v) is 7.63. The molecule has 0 aliphatic heterocycles. The minimum Gasteiger partial charge on any atom is -0.464 e. The molecule has 2 rings (SSSR count). The van der Waals surface area contributed by atoms with Gasteiger partial charge in [0.1, 0.15) is 0 Å². The van der Waals surface area contributed by atoms with Crippen LogP contribution in [0.3, 0.4) is 0 Å². The van der Waals surface area contributed by atoms with Crippen molar-refractivity contribution in [1.29, 1.82) is 0 Å². The maximum absolute atomic E-state index is 11.9. The number of unbranched alkanes of at least 4 members (excludes halogenated alkanes) is 1. The third-order valence-corrected chi connectivity index (χ3v) is 3.49. The number of halogens is 1. The topological polar surface area (TPSA) is 69.9 Å². The van der Waals surface area contributed by atoms with Gasteiger partial charge in [-0.15, -0.1) is 15.0 Å². The van der Waals surface area contributed by atoms with Gasteiger partial charge in [0.05, 0.1) is 6.61 Å². The van der Waals surface area contributed by atoms with Crippen LogP contribution in [0.1, 0.15) is 32.7 Å². The number of hydrogen-bond acceptors (Lipinski definition) is 5. The largest absolute Gasteiger partial charge is 0.464 e. The molecule has 1 heterocycles. The fourth-order valence-corrected chi connectivity index (χ4v) is 1.90. The number of esters is 1. The van der Waals surface area contributed by atoms with E-state index in [0.29, 0.717) is 12.4 Å². The van der Waals surface area contributed by atoms with Crippen LogP contribution >= 0.6 is 15.9 Å². The van der Waals surface area contributed by atoms with Crippen LogP contribution < -0.4 is 0 Å². The number of aromatic nitrogens is 4. The zero-order valence-corrected chi connectivity index (χ0v) is 13.6. The van der Waals surface area contributed by atoms with Gasteiger partial charge in [-0.05, 0) is 42.8 Å². The van der Waals surface area contributed by atoms with E-state index in [9.17, 15) is 4.79 Å². The van der Waals surface area contributed by atoms with E-state index < -0.39 is 6.04 Å². The highest BCUT2D eigenvalue weighted by molar-refractivity contribution is 9.10. The van der Waals surface area contributed by atoms with Gasteiger partial charge in [-0.2, -0.15) is 0 Å². The molecule has 0 radical (unpaired) electrons. The first-order valence-electron chi connectivity index (χ1n) is 6.84. The van der Waals surface area contributed by atoms with Gasteiger partial charge < -0.3 is 4.74 Å². The Labute approximate surface area is 131 Å². The van der Waals surface area contributed by atoms with Gasteiger partial charge in [0.2, 0.25) is 5.82 Å². The fourth-order valence-electron chi connectivity index (χ4n) is 1.64. The molecule has 1 unspecified atom stereocenters. The predicted octanol–water partition coefficient (Wildman–Crippen LogP) is 3.01. The summed E-state index contributed by atoms with van der Waals surface area (Å²) >= 11 is 3.37. The van der Waals surface area contributed by atoms with Crippen molar-refractivity contribution in [1.82, 2.24) is 20.2 Å². The molecule has 1 aromatic carbocycles. The maximum atomic E-state index is 11.9. The van der Waals surface area contributed by atoms with Crippen molar-refractivity contribution in [2.75, 3.05) is 6.61 Å². The summed E-state index contributed by atoms with van der Waals surface area (Å²) in [5, 5.41) is 12.1. The Kier molecular flexibility index (Phi) is 5.44. The van der Waals surface area contributed by atoms with E-state index in [2.05, 4.69) is 31.3 Å². The molecule has 0 saturated heterocycles. The van der Waals surface area contributed by atoms with Gasteiger partial charge >= 0.3 is 5.97 Å². The number of carbonyl (C=O) groups excluding carboxylic acids is 1.